The summed E-state index contributed by atoms with van der Waals surface area (Å²) in [6.45, 7) is 0. The highest BCUT2D eigenvalue weighted by molar-refractivity contribution is 5.30. The first kappa shape index (κ1) is 10.5. The minimum atomic E-state index is -0.534. The predicted molar refractivity (Wildman–Crippen MR) is 56.9 cm³/mol. The fourth-order valence-electron chi connectivity index (χ4n) is 1.80. The van der Waals surface area contributed by atoms with E-state index in [0.29, 0.717) is 0 Å². The van der Waals surface area contributed by atoms with E-state index in [1.165, 1.54) is 0 Å². The lowest BCUT2D eigenvalue weighted by Gasteiger charge is -2.21. The van der Waals surface area contributed by atoms with Crippen molar-refractivity contribution < 1.29 is 14.6 Å². The average Bonchev–Trinajstić information content (AvgIpc) is 3.09. The van der Waals surface area contributed by atoms with E-state index in [1.807, 2.05) is 24.3 Å². The molecule has 0 radical (unpaired) electrons. The highest BCUT2D eigenvalue weighted by atomic mass is 16.5. The smallest absolute Gasteiger partial charge is 0.118 e. The minimum absolute atomic E-state index is 0.339. The first-order valence-corrected chi connectivity index (χ1v) is 5.09. The quantitative estimate of drug-likeness (QED) is 0.821. The second kappa shape index (κ2) is 3.83. The molecular formula is C12H16O3. The molecule has 0 bridgehead atoms. The monoisotopic (exact) mass is 208 g/mol. The topological polar surface area (TPSA) is 38.7 Å². The van der Waals surface area contributed by atoms with Crippen molar-refractivity contribution in [2.24, 2.45) is 0 Å². The molecule has 1 aliphatic rings. The number of aliphatic hydroxyl groups is 1. The van der Waals surface area contributed by atoms with E-state index in [0.717, 1.165) is 24.2 Å². The molecular weight excluding hydrogens is 192 g/mol. The summed E-state index contributed by atoms with van der Waals surface area (Å²) in [4.78, 5) is 0. The van der Waals surface area contributed by atoms with E-state index in [-0.39, 0.29) is 5.60 Å². The molecule has 0 heterocycles. The zero-order valence-electron chi connectivity index (χ0n) is 9.06. The molecule has 0 aromatic heterocycles. The molecule has 1 atom stereocenters. The van der Waals surface area contributed by atoms with E-state index in [4.69, 9.17) is 9.47 Å². The molecule has 15 heavy (non-hydrogen) atoms. The van der Waals surface area contributed by atoms with Crippen molar-refractivity contribution in [1.29, 1.82) is 0 Å². The summed E-state index contributed by atoms with van der Waals surface area (Å²) in [6.07, 6.45) is 1.32. The molecule has 1 aromatic carbocycles. The van der Waals surface area contributed by atoms with Crippen LogP contribution in [0.25, 0.3) is 0 Å². The van der Waals surface area contributed by atoms with E-state index in [1.54, 1.807) is 14.2 Å². The van der Waals surface area contributed by atoms with Crippen LogP contribution >= 0.6 is 0 Å². The molecule has 82 valence electrons. The Hall–Kier alpha value is -1.06. The van der Waals surface area contributed by atoms with Crippen LogP contribution in [0, 0.1) is 0 Å². The van der Waals surface area contributed by atoms with Gasteiger partial charge in [0.15, 0.2) is 0 Å². The van der Waals surface area contributed by atoms with Gasteiger partial charge >= 0.3 is 0 Å². The maximum atomic E-state index is 10.1. The summed E-state index contributed by atoms with van der Waals surface area (Å²) in [5.41, 5.74) is 0.546. The maximum Gasteiger partial charge on any atom is 0.118 e. The third-order valence-corrected chi connectivity index (χ3v) is 3.08. The van der Waals surface area contributed by atoms with Crippen LogP contribution in [0.3, 0.4) is 0 Å². The Balaban J connectivity index is 2.15. The van der Waals surface area contributed by atoms with Gasteiger partial charge in [0.2, 0.25) is 0 Å². The number of methoxy groups -OCH3 is 2. The van der Waals surface area contributed by atoms with Gasteiger partial charge in [-0.1, -0.05) is 12.1 Å². The van der Waals surface area contributed by atoms with Gasteiger partial charge in [0, 0.05) is 7.11 Å². The Kier molecular flexibility index (Phi) is 2.67. The van der Waals surface area contributed by atoms with Crippen LogP contribution in [0.1, 0.15) is 24.5 Å². The Morgan fingerprint density at radius 1 is 1.20 bits per heavy atom. The third kappa shape index (κ3) is 1.85. The van der Waals surface area contributed by atoms with Crippen LogP contribution in [0.15, 0.2) is 24.3 Å². The fraction of sp³-hybridized carbons (Fsp3) is 0.500. The zero-order chi connectivity index (χ0) is 10.9. The van der Waals surface area contributed by atoms with Gasteiger partial charge in [-0.25, -0.2) is 0 Å². The van der Waals surface area contributed by atoms with Gasteiger partial charge in [-0.05, 0) is 30.5 Å². The minimum Gasteiger partial charge on any atom is -0.497 e. The molecule has 0 saturated heterocycles. The molecule has 0 spiro atoms. The number of aliphatic hydroxyl groups excluding tert-OH is 1. The number of benzene rings is 1. The Bertz CT molecular complexity index is 327. The molecule has 1 unspecified atom stereocenters. The second-order valence-electron chi connectivity index (χ2n) is 3.94. The highest BCUT2D eigenvalue weighted by Gasteiger charge is 2.50. The Morgan fingerprint density at radius 3 is 2.20 bits per heavy atom. The van der Waals surface area contributed by atoms with Gasteiger partial charge in [-0.2, -0.15) is 0 Å². The summed E-state index contributed by atoms with van der Waals surface area (Å²) in [5, 5.41) is 10.1. The van der Waals surface area contributed by atoms with Crippen molar-refractivity contribution in [1.82, 2.24) is 0 Å². The molecule has 3 nitrogen and oxygen atoms in total. The van der Waals surface area contributed by atoms with Gasteiger partial charge in [0.25, 0.3) is 0 Å². The molecule has 1 N–H and O–H groups in total. The van der Waals surface area contributed by atoms with E-state index < -0.39 is 6.10 Å². The molecule has 1 aromatic rings. The van der Waals surface area contributed by atoms with Gasteiger partial charge < -0.3 is 14.6 Å². The molecule has 1 aliphatic carbocycles. The lowest BCUT2D eigenvalue weighted by atomic mass is 10.0. The van der Waals surface area contributed by atoms with E-state index in [2.05, 4.69) is 0 Å². The van der Waals surface area contributed by atoms with Crippen molar-refractivity contribution >= 4 is 0 Å². The van der Waals surface area contributed by atoms with Gasteiger partial charge in [0.05, 0.1) is 12.7 Å². The molecule has 1 saturated carbocycles. The largest absolute Gasteiger partial charge is 0.497 e. The van der Waals surface area contributed by atoms with Crippen LogP contribution in [-0.4, -0.2) is 24.9 Å². The summed E-state index contributed by atoms with van der Waals surface area (Å²) in [6, 6.07) is 7.46. The lowest BCUT2D eigenvalue weighted by molar-refractivity contribution is -0.0334. The van der Waals surface area contributed by atoms with Crippen molar-refractivity contribution in [2.75, 3.05) is 14.2 Å². The summed E-state index contributed by atoms with van der Waals surface area (Å²) < 4.78 is 10.4. The maximum absolute atomic E-state index is 10.1. The number of ether oxygens (including phenoxy) is 2. The van der Waals surface area contributed by atoms with E-state index >= 15 is 0 Å². The lowest BCUT2D eigenvalue weighted by Crippen LogP contribution is -2.22. The molecule has 0 aliphatic heterocycles. The fourth-order valence-corrected chi connectivity index (χ4v) is 1.80. The standard InChI is InChI=1S/C12H16O3/c1-14-10-5-3-9(4-6-10)11(13)12(15-2)7-8-12/h3-6,11,13H,7-8H2,1-2H3. The molecule has 3 heteroatoms. The van der Waals surface area contributed by atoms with Crippen molar-refractivity contribution in [3.63, 3.8) is 0 Å². The average molecular weight is 208 g/mol. The SMILES string of the molecule is COc1ccc(C(O)C2(OC)CC2)cc1. The predicted octanol–water partition coefficient (Wildman–Crippen LogP) is 1.91. The van der Waals surface area contributed by atoms with Crippen molar-refractivity contribution in [3.8, 4) is 5.75 Å². The Morgan fingerprint density at radius 2 is 1.80 bits per heavy atom. The number of hydrogen-bond donors (Lipinski definition) is 1. The van der Waals surface area contributed by atoms with Crippen LogP contribution in [0.5, 0.6) is 5.75 Å². The van der Waals surface area contributed by atoms with Crippen LogP contribution in [0.4, 0.5) is 0 Å². The summed E-state index contributed by atoms with van der Waals surface area (Å²) in [5.74, 6) is 0.799. The van der Waals surface area contributed by atoms with Crippen molar-refractivity contribution in [2.45, 2.75) is 24.5 Å². The molecule has 0 amide bonds. The molecule has 2 rings (SSSR count). The highest BCUT2D eigenvalue weighted by Crippen LogP contribution is 2.48. The Labute approximate surface area is 89.6 Å². The summed E-state index contributed by atoms with van der Waals surface area (Å²) in [7, 11) is 3.28. The van der Waals surface area contributed by atoms with Gasteiger partial charge in [0.1, 0.15) is 11.9 Å². The zero-order valence-corrected chi connectivity index (χ0v) is 9.06. The van der Waals surface area contributed by atoms with E-state index in [9.17, 15) is 5.11 Å². The van der Waals surface area contributed by atoms with Crippen LogP contribution in [0.2, 0.25) is 0 Å². The first-order valence-electron chi connectivity index (χ1n) is 5.09. The van der Waals surface area contributed by atoms with Gasteiger partial charge in [-0.3, -0.25) is 0 Å². The second-order valence-corrected chi connectivity index (χ2v) is 3.94. The normalized spacial score (nSPS) is 19.7. The van der Waals surface area contributed by atoms with Crippen molar-refractivity contribution in [3.05, 3.63) is 29.8 Å². The van der Waals surface area contributed by atoms with Crippen LogP contribution < -0.4 is 4.74 Å². The number of hydrogen-bond acceptors (Lipinski definition) is 3. The summed E-state index contributed by atoms with van der Waals surface area (Å²) >= 11 is 0. The van der Waals surface area contributed by atoms with Gasteiger partial charge in [-0.15, -0.1) is 0 Å². The number of rotatable bonds is 4. The first-order chi connectivity index (χ1) is 7.22. The third-order valence-electron chi connectivity index (χ3n) is 3.08. The van der Waals surface area contributed by atoms with Crippen LogP contribution in [-0.2, 0) is 4.74 Å². The molecule has 1 fully saturated rings.